The second-order valence-electron chi connectivity index (χ2n) is 3.79. The van der Waals surface area contributed by atoms with Crippen molar-refractivity contribution >= 4 is 27.8 Å². The van der Waals surface area contributed by atoms with E-state index in [1.807, 2.05) is 6.92 Å². The lowest BCUT2D eigenvalue weighted by molar-refractivity contribution is -0.140. The van der Waals surface area contributed by atoms with E-state index in [2.05, 4.69) is 9.97 Å². The molecule has 100 valence electrons. The Balaban J connectivity index is 2.33. The van der Waals surface area contributed by atoms with Gasteiger partial charge in [-0.05, 0) is 0 Å². The third-order valence-electron chi connectivity index (χ3n) is 2.65. The highest BCUT2D eigenvalue weighted by Crippen LogP contribution is 2.27. The summed E-state index contributed by atoms with van der Waals surface area (Å²) in [6.45, 7) is 1.85. The van der Waals surface area contributed by atoms with E-state index >= 15 is 0 Å². The molecule has 2 rings (SSSR count). The quantitative estimate of drug-likeness (QED) is 0.816. The molecule has 1 aliphatic heterocycles. The summed E-state index contributed by atoms with van der Waals surface area (Å²) in [6.07, 6.45) is 1.82. The fraction of sp³-hybridized carbons (Fsp3) is 0.556. The molecule has 1 atom stereocenters. The minimum atomic E-state index is -3.81. The number of aliphatic carboxylic acids is 1. The number of carbonyl (C=O) groups is 1. The summed E-state index contributed by atoms with van der Waals surface area (Å²) in [5, 5.41) is 8.95. The van der Waals surface area contributed by atoms with Crippen molar-refractivity contribution in [2.75, 3.05) is 11.6 Å². The monoisotopic (exact) mass is 291 g/mol. The number of aromatic amines is 1. The van der Waals surface area contributed by atoms with Crippen LogP contribution in [0, 0.1) is 0 Å². The summed E-state index contributed by atoms with van der Waals surface area (Å²) in [7, 11) is -3.81. The Labute approximate surface area is 109 Å². The molecule has 0 radical (unpaired) electrons. The highest BCUT2D eigenvalue weighted by atomic mass is 32.2. The fourth-order valence-electron chi connectivity index (χ4n) is 1.64. The van der Waals surface area contributed by atoms with Crippen molar-refractivity contribution in [1.29, 1.82) is 0 Å². The largest absolute Gasteiger partial charge is 0.480 e. The predicted molar refractivity (Wildman–Crippen MR) is 65.7 cm³/mol. The van der Waals surface area contributed by atoms with Gasteiger partial charge >= 0.3 is 5.97 Å². The first-order valence-corrected chi connectivity index (χ1v) is 7.92. The molecule has 1 aromatic heterocycles. The van der Waals surface area contributed by atoms with Crippen LogP contribution in [0.25, 0.3) is 0 Å². The number of nitrogens with zero attached hydrogens (tertiary/aromatic N) is 2. The smallest absolute Gasteiger partial charge is 0.322 e. The number of thioether (sulfide) groups is 1. The molecular formula is C9H13N3O4S2. The highest BCUT2D eigenvalue weighted by Gasteiger charge is 2.40. The maximum Gasteiger partial charge on any atom is 0.322 e. The molecule has 0 aliphatic carbocycles. The van der Waals surface area contributed by atoms with Gasteiger partial charge in [0.25, 0.3) is 10.0 Å². The predicted octanol–water partition coefficient (Wildman–Crippen LogP) is 0.120. The van der Waals surface area contributed by atoms with E-state index in [4.69, 9.17) is 5.11 Å². The maximum absolute atomic E-state index is 12.3. The van der Waals surface area contributed by atoms with E-state index in [1.165, 1.54) is 18.0 Å². The lowest BCUT2D eigenvalue weighted by Crippen LogP contribution is -2.41. The van der Waals surface area contributed by atoms with Crippen molar-refractivity contribution in [3.05, 3.63) is 12.0 Å². The molecule has 1 saturated heterocycles. The standard InChI is InChI=1S/C9H13N3O4S2/c1-2-7-10-3-8(11-7)18(15,16)12-5-17-4-6(12)9(13)14/h3,6H,2,4-5H2,1H3,(H,10,11)(H,13,14)/t6-/m0/s1. The Bertz CT molecular complexity index is 554. The van der Waals surface area contributed by atoms with Crippen molar-refractivity contribution in [3.63, 3.8) is 0 Å². The van der Waals surface area contributed by atoms with Gasteiger partial charge in [-0.1, -0.05) is 6.92 Å². The molecule has 7 nitrogen and oxygen atoms in total. The van der Waals surface area contributed by atoms with E-state index in [9.17, 15) is 13.2 Å². The maximum atomic E-state index is 12.3. The Kier molecular flexibility index (Phi) is 3.64. The van der Waals surface area contributed by atoms with Crippen LogP contribution in [0.4, 0.5) is 0 Å². The molecule has 0 amide bonds. The first-order chi connectivity index (χ1) is 8.46. The van der Waals surface area contributed by atoms with Gasteiger partial charge < -0.3 is 10.1 Å². The van der Waals surface area contributed by atoms with Crippen molar-refractivity contribution in [3.8, 4) is 0 Å². The van der Waals surface area contributed by atoms with Gasteiger partial charge in [0.05, 0.1) is 12.1 Å². The third-order valence-corrected chi connectivity index (χ3v) is 5.59. The van der Waals surface area contributed by atoms with Crippen LogP contribution in [0.5, 0.6) is 0 Å². The molecule has 0 spiro atoms. The lowest BCUT2D eigenvalue weighted by atomic mass is 10.4. The van der Waals surface area contributed by atoms with Gasteiger partial charge in [-0.2, -0.15) is 4.31 Å². The number of carboxylic acid groups (broad SMARTS) is 1. The van der Waals surface area contributed by atoms with Crippen molar-refractivity contribution in [2.45, 2.75) is 24.4 Å². The number of rotatable bonds is 4. The molecular weight excluding hydrogens is 278 g/mol. The molecule has 18 heavy (non-hydrogen) atoms. The van der Waals surface area contributed by atoms with Crippen LogP contribution in [-0.4, -0.2) is 51.4 Å². The molecule has 2 heterocycles. The van der Waals surface area contributed by atoms with Crippen LogP contribution in [0.1, 0.15) is 12.7 Å². The number of imidazole rings is 1. The number of nitrogens with one attached hydrogen (secondary N) is 1. The number of H-pyrrole nitrogens is 1. The van der Waals surface area contributed by atoms with Gasteiger partial charge in [-0.15, -0.1) is 11.8 Å². The third kappa shape index (κ3) is 2.25. The topological polar surface area (TPSA) is 103 Å². The first kappa shape index (κ1) is 13.4. The average molecular weight is 291 g/mol. The first-order valence-electron chi connectivity index (χ1n) is 5.33. The van der Waals surface area contributed by atoms with Crippen LogP contribution in [-0.2, 0) is 21.2 Å². The van der Waals surface area contributed by atoms with Crippen LogP contribution in [0.3, 0.4) is 0 Å². The Morgan fingerprint density at radius 2 is 2.44 bits per heavy atom. The van der Waals surface area contributed by atoms with Crippen LogP contribution < -0.4 is 0 Å². The van der Waals surface area contributed by atoms with Gasteiger partial charge in [-0.3, -0.25) is 4.79 Å². The number of sulfonamides is 1. The zero-order valence-electron chi connectivity index (χ0n) is 9.66. The van der Waals surface area contributed by atoms with Crippen molar-refractivity contribution in [1.82, 2.24) is 14.3 Å². The summed E-state index contributed by atoms with van der Waals surface area (Å²) in [5.74, 6) is -0.144. The summed E-state index contributed by atoms with van der Waals surface area (Å²) in [6, 6.07) is -1.01. The van der Waals surface area contributed by atoms with Gasteiger partial charge in [-0.25, -0.2) is 13.4 Å². The van der Waals surface area contributed by atoms with Crippen molar-refractivity contribution < 1.29 is 18.3 Å². The summed E-state index contributed by atoms with van der Waals surface area (Å²) in [5.41, 5.74) is 0. The van der Waals surface area contributed by atoms with Crippen LogP contribution in [0.15, 0.2) is 11.2 Å². The molecule has 9 heteroatoms. The fourth-order valence-corrected chi connectivity index (χ4v) is 4.71. The zero-order valence-corrected chi connectivity index (χ0v) is 11.3. The normalized spacial score (nSPS) is 21.3. The van der Waals surface area contributed by atoms with E-state index in [0.717, 1.165) is 4.31 Å². The van der Waals surface area contributed by atoms with Crippen molar-refractivity contribution in [2.24, 2.45) is 0 Å². The zero-order chi connectivity index (χ0) is 13.3. The Morgan fingerprint density at radius 1 is 1.72 bits per heavy atom. The van der Waals surface area contributed by atoms with Crippen LogP contribution >= 0.6 is 11.8 Å². The minimum absolute atomic E-state index is 0.0481. The van der Waals surface area contributed by atoms with Gasteiger partial charge in [0.15, 0.2) is 5.03 Å². The van der Waals surface area contributed by atoms with Gasteiger partial charge in [0.2, 0.25) is 0 Å². The molecule has 2 N–H and O–H groups in total. The van der Waals surface area contributed by atoms with Crippen LogP contribution in [0.2, 0.25) is 0 Å². The Hall–Kier alpha value is -1.06. The van der Waals surface area contributed by atoms with Gasteiger partial charge in [0.1, 0.15) is 11.9 Å². The molecule has 0 saturated carbocycles. The molecule has 0 bridgehead atoms. The molecule has 1 aliphatic rings. The summed E-state index contributed by atoms with van der Waals surface area (Å²) < 4.78 is 25.5. The number of carboxylic acids is 1. The highest BCUT2D eigenvalue weighted by molar-refractivity contribution is 8.00. The van der Waals surface area contributed by atoms with E-state index in [0.29, 0.717) is 12.2 Å². The number of hydrogen-bond acceptors (Lipinski definition) is 5. The number of hydrogen-bond donors (Lipinski definition) is 2. The summed E-state index contributed by atoms with van der Waals surface area (Å²) in [4.78, 5) is 17.6. The van der Waals surface area contributed by atoms with E-state index in [-0.39, 0.29) is 16.7 Å². The summed E-state index contributed by atoms with van der Waals surface area (Å²) >= 11 is 1.28. The minimum Gasteiger partial charge on any atom is -0.480 e. The molecule has 0 unspecified atom stereocenters. The second kappa shape index (κ2) is 4.90. The molecule has 1 fully saturated rings. The number of aryl methyl sites for hydroxylation is 1. The van der Waals surface area contributed by atoms with E-state index < -0.39 is 22.0 Å². The SMILES string of the molecule is CCc1ncc(S(=O)(=O)N2CSC[C@H]2C(=O)O)[nH]1. The molecule has 1 aromatic rings. The average Bonchev–Trinajstić information content (AvgIpc) is 2.98. The second-order valence-corrected chi connectivity index (χ2v) is 6.65. The lowest BCUT2D eigenvalue weighted by Gasteiger charge is -2.18. The van der Waals surface area contributed by atoms with E-state index in [1.54, 1.807) is 0 Å². The Morgan fingerprint density at radius 3 is 3.00 bits per heavy atom. The molecule has 0 aromatic carbocycles. The van der Waals surface area contributed by atoms with Gasteiger partial charge in [0, 0.05) is 12.2 Å². The number of aromatic nitrogens is 2.